The third-order valence-corrected chi connectivity index (χ3v) is 8.30. The van der Waals surface area contributed by atoms with Crippen molar-refractivity contribution in [3.8, 4) is 11.5 Å². The van der Waals surface area contributed by atoms with Crippen LogP contribution in [0, 0.1) is 11.8 Å². The topological polar surface area (TPSA) is 80.3 Å². The molecule has 0 radical (unpaired) electrons. The highest BCUT2D eigenvalue weighted by atomic mass is 19.4. The molecular weight excluding hydrogens is 575 g/mol. The number of halogens is 3. The molecular formula is C33H44F3N3O5. The van der Waals surface area contributed by atoms with E-state index in [2.05, 4.69) is 5.32 Å². The molecule has 0 aromatic heterocycles. The summed E-state index contributed by atoms with van der Waals surface area (Å²) in [5.74, 6) is 0.973. The number of rotatable bonds is 15. The molecule has 242 valence electrons. The summed E-state index contributed by atoms with van der Waals surface area (Å²) in [5.41, 5.74) is 0.107. The molecule has 2 atom stereocenters. The van der Waals surface area contributed by atoms with Crippen molar-refractivity contribution in [3.63, 3.8) is 0 Å². The van der Waals surface area contributed by atoms with Crippen LogP contribution in [0.25, 0.3) is 0 Å². The van der Waals surface area contributed by atoms with Gasteiger partial charge in [0, 0.05) is 64.0 Å². The van der Waals surface area contributed by atoms with Gasteiger partial charge in [0.15, 0.2) is 11.5 Å². The number of hydrogen-bond acceptors (Lipinski definition) is 6. The average molecular weight is 620 g/mol. The van der Waals surface area contributed by atoms with Crippen molar-refractivity contribution in [3.05, 3.63) is 59.2 Å². The van der Waals surface area contributed by atoms with E-state index >= 15 is 0 Å². The fraction of sp³-hybridized carbons (Fsp3) is 0.576. The van der Waals surface area contributed by atoms with Crippen LogP contribution < -0.4 is 14.8 Å². The summed E-state index contributed by atoms with van der Waals surface area (Å²) >= 11 is 0. The fourth-order valence-corrected chi connectivity index (χ4v) is 5.70. The molecule has 8 nitrogen and oxygen atoms in total. The minimum absolute atomic E-state index is 0.0704. The first-order valence-corrected chi connectivity index (χ1v) is 15.3. The lowest BCUT2D eigenvalue weighted by Gasteiger charge is -2.34. The lowest BCUT2D eigenvalue weighted by atomic mass is 9.93. The summed E-state index contributed by atoms with van der Waals surface area (Å²) in [4.78, 5) is 30.9. The van der Waals surface area contributed by atoms with Crippen LogP contribution >= 0.6 is 0 Å². The number of nitrogens with one attached hydrogen (secondary N) is 1. The van der Waals surface area contributed by atoms with E-state index in [4.69, 9.17) is 14.2 Å². The van der Waals surface area contributed by atoms with E-state index in [1.165, 1.54) is 6.07 Å². The number of ether oxygens (including phenoxy) is 3. The molecule has 2 aliphatic rings. The second-order valence-corrected chi connectivity index (χ2v) is 11.9. The maximum absolute atomic E-state index is 13.8. The summed E-state index contributed by atoms with van der Waals surface area (Å²) in [6, 6.07) is 10.2. The number of amides is 2. The minimum atomic E-state index is -4.46. The number of methoxy groups -OCH3 is 2. The second-order valence-electron chi connectivity index (χ2n) is 11.9. The van der Waals surface area contributed by atoms with Gasteiger partial charge in [0.25, 0.3) is 5.91 Å². The van der Waals surface area contributed by atoms with Crippen molar-refractivity contribution in [1.29, 1.82) is 0 Å². The van der Waals surface area contributed by atoms with Crippen molar-refractivity contribution in [2.24, 2.45) is 11.8 Å². The summed E-state index contributed by atoms with van der Waals surface area (Å²) in [5, 5.41) is 3.43. The van der Waals surface area contributed by atoms with Gasteiger partial charge in [0.2, 0.25) is 5.91 Å². The van der Waals surface area contributed by atoms with Crippen molar-refractivity contribution in [2.45, 2.75) is 57.8 Å². The number of carbonyl (C=O) groups is 2. The molecule has 11 heteroatoms. The van der Waals surface area contributed by atoms with Crippen LogP contribution in [-0.4, -0.2) is 87.3 Å². The molecule has 1 aliphatic carbocycles. The molecule has 1 N–H and O–H groups in total. The summed E-state index contributed by atoms with van der Waals surface area (Å²) < 4.78 is 56.1. The molecule has 1 saturated heterocycles. The first kappa shape index (κ1) is 33.6. The van der Waals surface area contributed by atoms with Crippen LogP contribution in [0.5, 0.6) is 11.5 Å². The molecule has 2 amide bonds. The Balaban J connectivity index is 1.44. The highest BCUT2D eigenvalue weighted by molar-refractivity contribution is 5.95. The predicted octanol–water partition coefficient (Wildman–Crippen LogP) is 5.05. The van der Waals surface area contributed by atoms with Crippen LogP contribution in [-0.2, 0) is 22.1 Å². The summed E-state index contributed by atoms with van der Waals surface area (Å²) in [6.07, 6.45) is -2.05. The normalized spacial score (nSPS) is 18.4. The number of nitrogens with zero attached hydrogens (tertiary/aromatic N) is 2. The lowest BCUT2D eigenvalue weighted by Crippen LogP contribution is -2.45. The van der Waals surface area contributed by atoms with Crippen molar-refractivity contribution in [2.75, 3.05) is 53.6 Å². The van der Waals surface area contributed by atoms with E-state index in [-0.39, 0.29) is 42.2 Å². The Morgan fingerprint density at radius 2 is 1.70 bits per heavy atom. The highest BCUT2D eigenvalue weighted by Crippen LogP contribution is 2.33. The molecule has 1 saturated carbocycles. The van der Waals surface area contributed by atoms with Gasteiger partial charge in [-0.3, -0.25) is 9.59 Å². The predicted molar refractivity (Wildman–Crippen MR) is 161 cm³/mol. The molecule has 0 unspecified atom stereocenters. The van der Waals surface area contributed by atoms with Crippen LogP contribution in [0.1, 0.15) is 54.6 Å². The van der Waals surface area contributed by atoms with Gasteiger partial charge in [-0.15, -0.1) is 0 Å². The average Bonchev–Trinajstić information content (AvgIpc) is 3.74. The van der Waals surface area contributed by atoms with Crippen molar-refractivity contribution < 1.29 is 37.0 Å². The maximum Gasteiger partial charge on any atom is 0.416 e. The van der Waals surface area contributed by atoms with Gasteiger partial charge in [-0.05, 0) is 68.4 Å². The second kappa shape index (κ2) is 15.1. The summed E-state index contributed by atoms with van der Waals surface area (Å²) in [6.45, 7) is 7.37. The quantitative estimate of drug-likeness (QED) is 0.281. The zero-order valence-electron chi connectivity index (χ0n) is 26.0. The van der Waals surface area contributed by atoms with Gasteiger partial charge >= 0.3 is 6.18 Å². The van der Waals surface area contributed by atoms with Crippen LogP contribution in [0.3, 0.4) is 0 Å². The van der Waals surface area contributed by atoms with Gasteiger partial charge in [0.05, 0.1) is 25.7 Å². The van der Waals surface area contributed by atoms with Gasteiger partial charge in [-0.1, -0.05) is 18.2 Å². The monoisotopic (exact) mass is 619 g/mol. The zero-order chi connectivity index (χ0) is 31.9. The Bertz CT molecular complexity index is 1270. The van der Waals surface area contributed by atoms with E-state index < -0.39 is 11.7 Å². The number of hydrogen-bond donors (Lipinski definition) is 1. The van der Waals surface area contributed by atoms with Gasteiger partial charge in [-0.25, -0.2) is 0 Å². The van der Waals surface area contributed by atoms with E-state index in [0.29, 0.717) is 68.4 Å². The Labute approximate surface area is 257 Å². The first-order chi connectivity index (χ1) is 21.0. The SMILES string of the molecule is COCCCOc1cc(C(=O)N(C[C@@H]2CNC[C@H]2CN(C(=O)Cc2cccc(C(F)(F)F)c2)C2CC2)C(C)C)ccc1OC. The molecule has 1 aliphatic heterocycles. The largest absolute Gasteiger partial charge is 0.493 e. The van der Waals surface area contributed by atoms with Crippen LogP contribution in [0.15, 0.2) is 42.5 Å². The number of alkyl halides is 3. The van der Waals surface area contributed by atoms with E-state index in [9.17, 15) is 22.8 Å². The lowest BCUT2D eigenvalue weighted by molar-refractivity contribution is -0.138. The molecule has 44 heavy (non-hydrogen) atoms. The van der Waals surface area contributed by atoms with E-state index in [1.54, 1.807) is 38.5 Å². The van der Waals surface area contributed by atoms with Crippen LogP contribution in [0.4, 0.5) is 13.2 Å². The third kappa shape index (κ3) is 8.88. The fourth-order valence-electron chi connectivity index (χ4n) is 5.70. The Hall–Kier alpha value is -3.31. The first-order valence-electron chi connectivity index (χ1n) is 15.3. The number of benzene rings is 2. The van der Waals surface area contributed by atoms with Gasteiger partial charge in [-0.2, -0.15) is 13.2 Å². The Kier molecular flexibility index (Phi) is 11.5. The number of carbonyl (C=O) groups excluding carboxylic acids is 2. The molecule has 2 fully saturated rings. The third-order valence-electron chi connectivity index (χ3n) is 8.30. The zero-order valence-corrected chi connectivity index (χ0v) is 26.0. The smallest absolute Gasteiger partial charge is 0.416 e. The molecule has 4 rings (SSSR count). The molecule has 1 heterocycles. The molecule has 0 spiro atoms. The maximum atomic E-state index is 13.8. The molecule has 2 aromatic carbocycles. The highest BCUT2D eigenvalue weighted by Gasteiger charge is 2.39. The van der Waals surface area contributed by atoms with Gasteiger partial charge in [0.1, 0.15) is 0 Å². The van der Waals surface area contributed by atoms with Crippen molar-refractivity contribution >= 4 is 11.8 Å². The minimum Gasteiger partial charge on any atom is -0.493 e. The van der Waals surface area contributed by atoms with Crippen LogP contribution in [0.2, 0.25) is 0 Å². The van der Waals surface area contributed by atoms with E-state index in [1.807, 2.05) is 23.6 Å². The summed E-state index contributed by atoms with van der Waals surface area (Å²) in [7, 11) is 3.19. The molecule has 0 bridgehead atoms. The Morgan fingerprint density at radius 1 is 0.977 bits per heavy atom. The van der Waals surface area contributed by atoms with Crippen molar-refractivity contribution in [1.82, 2.24) is 15.1 Å². The molecule has 2 aromatic rings. The standard InChI is InChI=1S/C33H44F3N3O5/c1-22(2)38(32(41)24-9-12-29(43-4)30(17-24)44-14-6-13-42-3)20-25-18-37-19-26(25)21-39(28-10-11-28)31(40)16-23-7-5-8-27(15-23)33(34,35)36/h5,7-9,12,15,17,22,25-26,28,37H,6,10-11,13-14,16,18-21H2,1-4H3/t25-,26-/m0/s1. The van der Waals surface area contributed by atoms with Gasteiger partial charge < -0.3 is 29.3 Å². The van der Waals surface area contributed by atoms with E-state index in [0.717, 1.165) is 25.0 Å². The Morgan fingerprint density at radius 3 is 2.34 bits per heavy atom.